The van der Waals surface area contributed by atoms with Crippen molar-refractivity contribution in [2.45, 2.75) is 26.2 Å². The summed E-state index contributed by atoms with van der Waals surface area (Å²) in [5, 5.41) is 14.0. The van der Waals surface area contributed by atoms with Crippen LogP contribution in [0.1, 0.15) is 25.3 Å². The van der Waals surface area contributed by atoms with E-state index in [0.717, 1.165) is 33.8 Å². The highest BCUT2D eigenvalue weighted by molar-refractivity contribution is 9.10. The molecule has 21 heavy (non-hydrogen) atoms. The first kappa shape index (κ1) is 15.6. The lowest BCUT2D eigenvalue weighted by Gasteiger charge is -2.02. The van der Waals surface area contributed by atoms with Crippen LogP contribution in [0.4, 0.5) is 0 Å². The van der Waals surface area contributed by atoms with Crippen molar-refractivity contribution in [2.75, 3.05) is 6.61 Å². The van der Waals surface area contributed by atoms with Crippen LogP contribution < -0.4 is 0 Å². The summed E-state index contributed by atoms with van der Waals surface area (Å²) in [6.45, 7) is 2.47. The molecule has 0 atom stereocenters. The number of carboxylic acid groups (broad SMARTS) is 1. The van der Waals surface area contributed by atoms with Gasteiger partial charge < -0.3 is 14.9 Å². The third-order valence-corrected chi connectivity index (χ3v) is 3.59. The second-order valence-electron chi connectivity index (χ2n) is 4.71. The molecule has 1 aromatic carbocycles. The molecular weight excluding hydrogens is 336 g/mol. The Morgan fingerprint density at radius 3 is 3.00 bits per heavy atom. The number of carbonyl (C=O) groups is 1. The zero-order chi connectivity index (χ0) is 15.2. The van der Waals surface area contributed by atoms with E-state index in [9.17, 15) is 9.90 Å². The predicted molar refractivity (Wildman–Crippen MR) is 85.6 cm³/mol. The Morgan fingerprint density at radius 1 is 1.48 bits per heavy atom. The van der Waals surface area contributed by atoms with Gasteiger partial charge in [-0.2, -0.15) is 0 Å². The van der Waals surface area contributed by atoms with Gasteiger partial charge in [0.1, 0.15) is 6.61 Å². The fourth-order valence-electron chi connectivity index (χ4n) is 1.96. The summed E-state index contributed by atoms with van der Waals surface area (Å²) in [6.07, 6.45) is 3.87. The number of hydrogen-bond acceptors (Lipinski definition) is 3. The second-order valence-corrected chi connectivity index (χ2v) is 5.63. The third-order valence-electron chi connectivity index (χ3n) is 3.10. The van der Waals surface area contributed by atoms with Crippen LogP contribution in [0.5, 0.6) is 0 Å². The minimum atomic E-state index is -1.06. The first-order valence-electron chi connectivity index (χ1n) is 6.79. The minimum Gasteiger partial charge on any atom is -0.477 e. The zero-order valence-corrected chi connectivity index (χ0v) is 13.3. The van der Waals surface area contributed by atoms with Crippen molar-refractivity contribution in [1.82, 2.24) is 4.98 Å². The SMILES string of the molecule is CCCCO/N=C(\Cc1c[nH]c2ccc(Br)cc12)C(=O)O. The van der Waals surface area contributed by atoms with Gasteiger partial charge in [0.2, 0.25) is 0 Å². The number of hydrogen-bond donors (Lipinski definition) is 2. The molecule has 0 aliphatic rings. The Kier molecular flexibility index (Phi) is 5.38. The van der Waals surface area contributed by atoms with Crippen LogP contribution in [0.3, 0.4) is 0 Å². The Bertz CT molecular complexity index is 664. The molecule has 112 valence electrons. The Hall–Kier alpha value is -1.82. The van der Waals surface area contributed by atoms with E-state index in [1.54, 1.807) is 0 Å². The number of fused-ring (bicyclic) bond motifs is 1. The van der Waals surface area contributed by atoms with Gasteiger partial charge in [-0.3, -0.25) is 0 Å². The van der Waals surface area contributed by atoms with E-state index in [0.29, 0.717) is 6.61 Å². The smallest absolute Gasteiger partial charge is 0.354 e. The van der Waals surface area contributed by atoms with E-state index in [1.165, 1.54) is 0 Å². The lowest BCUT2D eigenvalue weighted by atomic mass is 10.1. The number of benzene rings is 1. The molecule has 0 unspecified atom stereocenters. The van der Waals surface area contributed by atoms with Crippen molar-refractivity contribution >= 4 is 38.5 Å². The molecule has 0 amide bonds. The molecule has 0 fully saturated rings. The molecular formula is C15H17BrN2O3. The number of carboxylic acids is 1. The maximum Gasteiger partial charge on any atom is 0.354 e. The number of rotatable bonds is 7. The number of nitrogens with one attached hydrogen (secondary N) is 1. The van der Waals surface area contributed by atoms with Crippen molar-refractivity contribution < 1.29 is 14.7 Å². The minimum absolute atomic E-state index is 0.00646. The molecule has 2 N–H and O–H groups in total. The van der Waals surface area contributed by atoms with E-state index in [-0.39, 0.29) is 12.1 Å². The van der Waals surface area contributed by atoms with E-state index >= 15 is 0 Å². The highest BCUT2D eigenvalue weighted by atomic mass is 79.9. The fraction of sp³-hybridized carbons (Fsp3) is 0.333. The number of halogens is 1. The van der Waals surface area contributed by atoms with Crippen molar-refractivity contribution in [3.8, 4) is 0 Å². The van der Waals surface area contributed by atoms with Gasteiger partial charge in [-0.1, -0.05) is 34.4 Å². The van der Waals surface area contributed by atoms with Crippen molar-refractivity contribution in [3.63, 3.8) is 0 Å². The fourth-order valence-corrected chi connectivity index (χ4v) is 2.32. The quantitative estimate of drug-likeness (QED) is 0.452. The molecule has 0 radical (unpaired) electrons. The van der Waals surface area contributed by atoms with Gasteiger partial charge in [0.25, 0.3) is 0 Å². The number of unbranched alkanes of at least 4 members (excludes halogenated alkanes) is 1. The summed E-state index contributed by atoms with van der Waals surface area (Å²) >= 11 is 3.42. The monoisotopic (exact) mass is 352 g/mol. The van der Waals surface area contributed by atoms with E-state index in [2.05, 4.69) is 26.1 Å². The average Bonchev–Trinajstić information content (AvgIpc) is 2.84. The third kappa shape index (κ3) is 4.07. The lowest BCUT2D eigenvalue weighted by molar-refractivity contribution is -0.129. The van der Waals surface area contributed by atoms with Gasteiger partial charge in [0.05, 0.1) is 0 Å². The molecule has 6 heteroatoms. The molecule has 0 aliphatic heterocycles. The molecule has 0 saturated heterocycles. The van der Waals surface area contributed by atoms with E-state index in [4.69, 9.17) is 4.84 Å². The van der Waals surface area contributed by atoms with Crippen molar-refractivity contribution in [1.29, 1.82) is 0 Å². The molecule has 0 saturated carbocycles. The van der Waals surface area contributed by atoms with E-state index < -0.39 is 5.97 Å². The Balaban J connectivity index is 2.19. The number of H-pyrrole nitrogens is 1. The van der Waals surface area contributed by atoms with Crippen LogP contribution in [-0.2, 0) is 16.1 Å². The van der Waals surface area contributed by atoms with Gasteiger partial charge in [0, 0.05) is 28.0 Å². The van der Waals surface area contributed by atoms with Gasteiger partial charge in [-0.25, -0.2) is 4.79 Å². The first-order valence-corrected chi connectivity index (χ1v) is 7.58. The van der Waals surface area contributed by atoms with Crippen LogP contribution in [0.15, 0.2) is 34.0 Å². The predicted octanol–water partition coefficient (Wildman–Crippen LogP) is 3.73. The highest BCUT2D eigenvalue weighted by Gasteiger charge is 2.14. The summed E-state index contributed by atoms with van der Waals surface area (Å²) in [5.41, 5.74) is 1.85. The Labute approximate surface area is 131 Å². The van der Waals surface area contributed by atoms with Crippen LogP contribution in [0.25, 0.3) is 10.9 Å². The van der Waals surface area contributed by atoms with Crippen LogP contribution in [0.2, 0.25) is 0 Å². The molecule has 2 aromatic rings. The summed E-state index contributed by atoms with van der Waals surface area (Å²) in [6, 6.07) is 5.83. The highest BCUT2D eigenvalue weighted by Crippen LogP contribution is 2.23. The van der Waals surface area contributed by atoms with E-state index in [1.807, 2.05) is 31.3 Å². The average molecular weight is 353 g/mol. The van der Waals surface area contributed by atoms with Gasteiger partial charge in [-0.05, 0) is 30.2 Å². The second kappa shape index (κ2) is 7.26. The number of aromatic amines is 1. The Morgan fingerprint density at radius 2 is 2.29 bits per heavy atom. The number of aliphatic carboxylic acids is 1. The number of aromatic nitrogens is 1. The maximum atomic E-state index is 11.3. The summed E-state index contributed by atoms with van der Waals surface area (Å²) in [4.78, 5) is 19.5. The number of nitrogens with zero attached hydrogens (tertiary/aromatic N) is 1. The summed E-state index contributed by atoms with van der Waals surface area (Å²) < 4.78 is 0.948. The zero-order valence-electron chi connectivity index (χ0n) is 11.7. The van der Waals surface area contributed by atoms with Crippen LogP contribution in [-0.4, -0.2) is 28.4 Å². The first-order chi connectivity index (χ1) is 10.1. The molecule has 5 nitrogen and oxygen atoms in total. The molecule has 2 rings (SSSR count). The summed E-state index contributed by atoms with van der Waals surface area (Å²) in [7, 11) is 0. The lowest BCUT2D eigenvalue weighted by Crippen LogP contribution is -2.16. The molecule has 0 spiro atoms. The van der Waals surface area contributed by atoms with Crippen molar-refractivity contribution in [2.24, 2.45) is 5.16 Å². The standard InChI is InChI=1S/C15H17BrN2O3/c1-2-3-6-21-18-14(15(19)20)7-10-9-17-13-5-4-11(16)8-12(10)13/h4-5,8-9,17H,2-3,6-7H2,1H3,(H,19,20)/b18-14+. The molecule has 0 aliphatic carbocycles. The largest absolute Gasteiger partial charge is 0.477 e. The van der Waals surface area contributed by atoms with Gasteiger partial charge >= 0.3 is 5.97 Å². The van der Waals surface area contributed by atoms with Crippen LogP contribution >= 0.6 is 15.9 Å². The summed E-state index contributed by atoms with van der Waals surface area (Å²) in [5.74, 6) is -1.06. The van der Waals surface area contributed by atoms with Gasteiger partial charge in [0.15, 0.2) is 5.71 Å². The molecule has 0 bridgehead atoms. The van der Waals surface area contributed by atoms with Crippen LogP contribution in [0, 0.1) is 0 Å². The molecule has 1 aromatic heterocycles. The van der Waals surface area contributed by atoms with Crippen molar-refractivity contribution in [3.05, 3.63) is 34.4 Å². The normalized spacial score (nSPS) is 11.8. The molecule has 1 heterocycles. The number of oxime groups is 1. The topological polar surface area (TPSA) is 74.7 Å². The van der Waals surface area contributed by atoms with Gasteiger partial charge in [-0.15, -0.1) is 0 Å². The maximum absolute atomic E-state index is 11.3.